The van der Waals surface area contributed by atoms with Crippen LogP contribution in [0.5, 0.6) is 0 Å². The van der Waals surface area contributed by atoms with Crippen LogP contribution in [0.25, 0.3) is 11.1 Å². The lowest BCUT2D eigenvalue weighted by Gasteiger charge is -2.29. The Labute approximate surface area is 104 Å². The number of halogens is 1. The fraction of sp³-hybridized carbons (Fsp3) is 0.364. The van der Waals surface area contributed by atoms with E-state index in [9.17, 15) is 4.79 Å². The molecule has 0 saturated carbocycles. The van der Waals surface area contributed by atoms with Gasteiger partial charge in [-0.05, 0) is 12.1 Å². The number of anilines is 1. The minimum absolute atomic E-state index is 0. The van der Waals surface area contributed by atoms with E-state index in [0.29, 0.717) is 5.58 Å². The summed E-state index contributed by atoms with van der Waals surface area (Å²) in [4.78, 5) is 16.1. The molecule has 1 saturated heterocycles. The highest BCUT2D eigenvalue weighted by atomic mass is 35.5. The van der Waals surface area contributed by atoms with Gasteiger partial charge in [-0.2, -0.15) is 0 Å². The van der Waals surface area contributed by atoms with E-state index >= 15 is 0 Å². The molecule has 6 heteroatoms. The van der Waals surface area contributed by atoms with Gasteiger partial charge < -0.3 is 14.6 Å². The molecule has 0 atom stereocenters. The summed E-state index contributed by atoms with van der Waals surface area (Å²) in [7, 11) is 0. The van der Waals surface area contributed by atoms with E-state index in [2.05, 4.69) is 15.2 Å². The molecule has 0 spiro atoms. The Morgan fingerprint density at radius 1 is 1.24 bits per heavy atom. The summed E-state index contributed by atoms with van der Waals surface area (Å²) in [5, 5.41) is 3.30. The molecular formula is C11H14ClN3O2. The molecule has 1 fully saturated rings. The standard InChI is InChI=1S/C11H13N3O2.ClH/c15-11-13-8-2-1-3-9(10(8)16-11)14-6-4-12-5-7-14;/h1-3,12H,4-7H2,(H,13,15);1H. The first-order chi connectivity index (χ1) is 7.84. The lowest BCUT2D eigenvalue weighted by molar-refractivity contribution is 0.548. The van der Waals surface area contributed by atoms with Crippen molar-refractivity contribution in [3.05, 3.63) is 28.7 Å². The molecule has 0 bridgehead atoms. The van der Waals surface area contributed by atoms with Gasteiger partial charge in [-0.3, -0.25) is 4.98 Å². The molecule has 1 aromatic heterocycles. The van der Waals surface area contributed by atoms with Crippen LogP contribution in [-0.2, 0) is 0 Å². The number of oxazole rings is 1. The molecule has 0 aliphatic carbocycles. The number of piperazine rings is 1. The highest BCUT2D eigenvalue weighted by Crippen LogP contribution is 2.24. The fourth-order valence-corrected chi connectivity index (χ4v) is 2.11. The van der Waals surface area contributed by atoms with E-state index in [1.54, 1.807) is 0 Å². The van der Waals surface area contributed by atoms with Crippen LogP contribution in [0.3, 0.4) is 0 Å². The number of hydrogen-bond donors (Lipinski definition) is 2. The number of aromatic amines is 1. The topological polar surface area (TPSA) is 61.3 Å². The molecular weight excluding hydrogens is 242 g/mol. The van der Waals surface area contributed by atoms with Crippen LogP contribution >= 0.6 is 12.4 Å². The summed E-state index contributed by atoms with van der Waals surface area (Å²) < 4.78 is 5.18. The Morgan fingerprint density at radius 2 is 2.00 bits per heavy atom. The minimum atomic E-state index is -0.391. The van der Waals surface area contributed by atoms with Crippen LogP contribution in [-0.4, -0.2) is 31.2 Å². The highest BCUT2D eigenvalue weighted by molar-refractivity contribution is 5.86. The Kier molecular flexibility index (Phi) is 3.40. The maximum absolute atomic E-state index is 11.2. The number of para-hydroxylation sites is 1. The zero-order valence-electron chi connectivity index (χ0n) is 9.23. The molecule has 3 rings (SSSR count). The van der Waals surface area contributed by atoms with Crippen molar-refractivity contribution in [3.63, 3.8) is 0 Å². The molecule has 0 amide bonds. The average Bonchev–Trinajstić information content (AvgIpc) is 2.70. The number of nitrogens with zero attached hydrogens (tertiary/aromatic N) is 1. The summed E-state index contributed by atoms with van der Waals surface area (Å²) >= 11 is 0. The second-order valence-electron chi connectivity index (χ2n) is 3.91. The van der Waals surface area contributed by atoms with Gasteiger partial charge in [-0.1, -0.05) is 6.07 Å². The molecule has 17 heavy (non-hydrogen) atoms. The molecule has 1 aliphatic rings. The third kappa shape index (κ3) is 2.16. The monoisotopic (exact) mass is 255 g/mol. The Balaban J connectivity index is 0.00000108. The number of hydrogen-bond acceptors (Lipinski definition) is 4. The lowest BCUT2D eigenvalue weighted by Crippen LogP contribution is -2.43. The molecule has 0 unspecified atom stereocenters. The van der Waals surface area contributed by atoms with Crippen molar-refractivity contribution in [2.45, 2.75) is 0 Å². The SMILES string of the molecule is Cl.O=c1[nH]c2cccc(N3CCNCC3)c2o1. The molecule has 0 radical (unpaired) electrons. The number of H-pyrrole nitrogens is 1. The maximum Gasteiger partial charge on any atom is 0.417 e. The van der Waals surface area contributed by atoms with Crippen molar-refractivity contribution in [2.24, 2.45) is 0 Å². The first kappa shape index (κ1) is 12.0. The molecule has 5 nitrogen and oxygen atoms in total. The zero-order valence-corrected chi connectivity index (χ0v) is 10.0. The summed E-state index contributed by atoms with van der Waals surface area (Å²) in [6.45, 7) is 3.80. The Bertz CT molecular complexity index is 557. The van der Waals surface area contributed by atoms with Gasteiger partial charge in [-0.15, -0.1) is 12.4 Å². The second kappa shape index (κ2) is 4.81. The zero-order chi connectivity index (χ0) is 11.0. The normalized spacial score (nSPS) is 15.9. The van der Waals surface area contributed by atoms with E-state index in [1.165, 1.54) is 0 Å². The van der Waals surface area contributed by atoms with Gasteiger partial charge in [0, 0.05) is 26.2 Å². The fourth-order valence-electron chi connectivity index (χ4n) is 2.11. The first-order valence-electron chi connectivity index (χ1n) is 5.42. The van der Waals surface area contributed by atoms with Gasteiger partial charge in [0.25, 0.3) is 0 Å². The maximum atomic E-state index is 11.2. The van der Waals surface area contributed by atoms with Gasteiger partial charge in [0.1, 0.15) is 0 Å². The average molecular weight is 256 g/mol. The molecule has 92 valence electrons. The van der Waals surface area contributed by atoms with Crippen LogP contribution in [0.4, 0.5) is 5.69 Å². The van der Waals surface area contributed by atoms with Crippen LogP contribution in [0.15, 0.2) is 27.4 Å². The second-order valence-corrected chi connectivity index (χ2v) is 3.91. The van der Waals surface area contributed by atoms with E-state index < -0.39 is 5.76 Å². The van der Waals surface area contributed by atoms with Gasteiger partial charge in [0.2, 0.25) is 0 Å². The van der Waals surface area contributed by atoms with Crippen molar-refractivity contribution in [1.82, 2.24) is 10.3 Å². The third-order valence-corrected chi connectivity index (χ3v) is 2.88. The van der Waals surface area contributed by atoms with Crippen molar-refractivity contribution >= 4 is 29.2 Å². The smallest absolute Gasteiger partial charge is 0.406 e. The molecule has 2 N–H and O–H groups in total. The van der Waals surface area contributed by atoms with Gasteiger partial charge >= 0.3 is 5.76 Å². The summed E-state index contributed by atoms with van der Waals surface area (Å²) in [5.74, 6) is -0.391. The predicted molar refractivity (Wildman–Crippen MR) is 69.2 cm³/mol. The highest BCUT2D eigenvalue weighted by Gasteiger charge is 2.15. The number of benzene rings is 1. The van der Waals surface area contributed by atoms with E-state index in [4.69, 9.17) is 4.42 Å². The summed E-state index contributed by atoms with van der Waals surface area (Å²) in [6, 6.07) is 5.78. The first-order valence-corrected chi connectivity index (χ1v) is 5.42. The van der Waals surface area contributed by atoms with E-state index in [0.717, 1.165) is 37.4 Å². The number of fused-ring (bicyclic) bond motifs is 1. The minimum Gasteiger partial charge on any atom is -0.406 e. The quantitative estimate of drug-likeness (QED) is 0.797. The molecule has 1 aromatic carbocycles. The van der Waals surface area contributed by atoms with E-state index in [1.807, 2.05) is 18.2 Å². The molecule has 1 aliphatic heterocycles. The Morgan fingerprint density at radius 3 is 2.76 bits per heavy atom. The van der Waals surface area contributed by atoms with Gasteiger partial charge in [0.15, 0.2) is 5.58 Å². The largest absolute Gasteiger partial charge is 0.417 e. The van der Waals surface area contributed by atoms with Crippen molar-refractivity contribution in [3.8, 4) is 0 Å². The van der Waals surface area contributed by atoms with Gasteiger partial charge in [0.05, 0.1) is 11.2 Å². The number of rotatable bonds is 1. The van der Waals surface area contributed by atoms with Crippen molar-refractivity contribution < 1.29 is 4.42 Å². The molecule has 2 heterocycles. The van der Waals surface area contributed by atoms with Crippen molar-refractivity contribution in [2.75, 3.05) is 31.1 Å². The summed E-state index contributed by atoms with van der Waals surface area (Å²) in [5.41, 5.74) is 2.42. The number of aromatic nitrogens is 1. The van der Waals surface area contributed by atoms with Crippen LogP contribution in [0.1, 0.15) is 0 Å². The Hall–Kier alpha value is -1.46. The lowest BCUT2D eigenvalue weighted by atomic mass is 10.2. The number of nitrogens with one attached hydrogen (secondary N) is 2. The molecule has 2 aromatic rings. The third-order valence-electron chi connectivity index (χ3n) is 2.88. The van der Waals surface area contributed by atoms with Crippen LogP contribution in [0.2, 0.25) is 0 Å². The predicted octanol–water partition coefficient (Wildman–Crippen LogP) is 0.952. The summed E-state index contributed by atoms with van der Waals surface area (Å²) in [6.07, 6.45) is 0. The van der Waals surface area contributed by atoms with Gasteiger partial charge in [-0.25, -0.2) is 4.79 Å². The van der Waals surface area contributed by atoms with Crippen molar-refractivity contribution in [1.29, 1.82) is 0 Å². The van der Waals surface area contributed by atoms with E-state index in [-0.39, 0.29) is 12.4 Å². The van der Waals surface area contributed by atoms with Crippen LogP contribution < -0.4 is 16.0 Å². The van der Waals surface area contributed by atoms with Crippen LogP contribution in [0, 0.1) is 0 Å².